The van der Waals surface area contributed by atoms with Gasteiger partial charge in [-0.3, -0.25) is 4.79 Å². The van der Waals surface area contributed by atoms with Crippen LogP contribution < -0.4 is 0 Å². The van der Waals surface area contributed by atoms with E-state index in [0.717, 1.165) is 39.0 Å². The molecule has 1 aromatic rings. The highest BCUT2D eigenvalue weighted by Gasteiger charge is 2.25. The minimum absolute atomic E-state index is 0.243. The molecule has 0 aromatic carbocycles. The van der Waals surface area contributed by atoms with E-state index in [2.05, 4.69) is 34.7 Å². The fourth-order valence-electron chi connectivity index (χ4n) is 2.91. The van der Waals surface area contributed by atoms with E-state index in [1.165, 1.54) is 5.82 Å². The van der Waals surface area contributed by atoms with Crippen LogP contribution in [0.25, 0.3) is 0 Å². The fourth-order valence-corrected chi connectivity index (χ4v) is 2.91. The van der Waals surface area contributed by atoms with Crippen LogP contribution in [0, 0.1) is 0 Å². The monoisotopic (exact) mass is 304 g/mol. The number of nitrogens with zero attached hydrogens (tertiary/aromatic N) is 4. The maximum absolute atomic E-state index is 12.0. The minimum atomic E-state index is 0.243. The number of aromatic nitrogens is 2. The zero-order valence-electron chi connectivity index (χ0n) is 14.0. The van der Waals surface area contributed by atoms with Crippen molar-refractivity contribution in [3.05, 3.63) is 30.4 Å². The van der Waals surface area contributed by atoms with E-state index in [9.17, 15) is 4.79 Å². The van der Waals surface area contributed by atoms with Gasteiger partial charge in [0.05, 0.1) is 0 Å². The molecule has 1 saturated heterocycles. The van der Waals surface area contributed by atoms with E-state index in [1.54, 1.807) is 0 Å². The molecule has 5 heteroatoms. The van der Waals surface area contributed by atoms with Crippen LogP contribution in [0.15, 0.2) is 24.5 Å². The Balaban J connectivity index is 1.89. The number of likely N-dealkylation sites (tertiary alicyclic amines) is 1. The van der Waals surface area contributed by atoms with Crippen LogP contribution in [-0.4, -0.2) is 59.0 Å². The summed E-state index contributed by atoms with van der Waals surface area (Å²) >= 11 is 0. The van der Waals surface area contributed by atoms with Crippen molar-refractivity contribution in [3.8, 4) is 0 Å². The third-order valence-corrected chi connectivity index (χ3v) is 4.28. The molecule has 0 unspecified atom stereocenters. The van der Waals surface area contributed by atoms with Crippen LogP contribution in [0.3, 0.4) is 0 Å². The number of piperidine rings is 1. The Bertz CT molecular complexity index is 499. The number of hydrogen-bond donors (Lipinski definition) is 0. The number of rotatable bonds is 6. The molecule has 1 aromatic heterocycles. The van der Waals surface area contributed by atoms with Gasteiger partial charge in [0, 0.05) is 50.9 Å². The third-order valence-electron chi connectivity index (χ3n) is 4.28. The molecule has 2 heterocycles. The molecule has 0 saturated carbocycles. The zero-order chi connectivity index (χ0) is 15.9. The van der Waals surface area contributed by atoms with Crippen molar-refractivity contribution < 1.29 is 4.79 Å². The molecule has 22 heavy (non-hydrogen) atoms. The van der Waals surface area contributed by atoms with Crippen molar-refractivity contribution >= 4 is 5.91 Å². The summed E-state index contributed by atoms with van der Waals surface area (Å²) in [5.41, 5.74) is 0. The summed E-state index contributed by atoms with van der Waals surface area (Å²) in [6, 6.07) is 0. The first kappa shape index (κ1) is 16.7. The maximum Gasteiger partial charge on any atom is 0.226 e. The SMILES string of the molecule is CC=CCC(=O)N1CCC(c2nccn2CCN(C)C)CC1. The minimum Gasteiger partial charge on any atom is -0.342 e. The Morgan fingerprint density at radius 2 is 2.14 bits per heavy atom. The first-order chi connectivity index (χ1) is 10.6. The molecule has 1 aliphatic rings. The Morgan fingerprint density at radius 3 is 2.77 bits per heavy atom. The normalized spacial score (nSPS) is 16.8. The van der Waals surface area contributed by atoms with Gasteiger partial charge in [-0.2, -0.15) is 0 Å². The highest BCUT2D eigenvalue weighted by atomic mass is 16.2. The number of imidazole rings is 1. The van der Waals surface area contributed by atoms with Gasteiger partial charge in [-0.25, -0.2) is 4.98 Å². The molecule has 0 radical (unpaired) electrons. The predicted molar refractivity (Wildman–Crippen MR) is 88.8 cm³/mol. The molecule has 0 atom stereocenters. The molecule has 5 nitrogen and oxygen atoms in total. The Kier molecular flexibility index (Phi) is 6.19. The molecule has 1 amide bonds. The van der Waals surface area contributed by atoms with Gasteiger partial charge in [0.25, 0.3) is 0 Å². The van der Waals surface area contributed by atoms with Gasteiger partial charge < -0.3 is 14.4 Å². The van der Waals surface area contributed by atoms with Crippen molar-refractivity contribution in [2.45, 2.75) is 38.6 Å². The second kappa shape index (κ2) is 8.13. The molecular weight excluding hydrogens is 276 g/mol. The number of carbonyl (C=O) groups is 1. The van der Waals surface area contributed by atoms with Gasteiger partial charge in [-0.15, -0.1) is 0 Å². The van der Waals surface area contributed by atoms with Crippen LogP contribution in [0.2, 0.25) is 0 Å². The first-order valence-electron chi connectivity index (χ1n) is 8.16. The molecular formula is C17H28N4O. The Labute approximate surface area is 133 Å². The molecule has 122 valence electrons. The van der Waals surface area contributed by atoms with E-state index in [-0.39, 0.29) is 5.91 Å². The van der Waals surface area contributed by atoms with E-state index in [0.29, 0.717) is 12.3 Å². The average Bonchev–Trinajstić information content (AvgIpc) is 2.99. The lowest BCUT2D eigenvalue weighted by Gasteiger charge is -2.32. The van der Waals surface area contributed by atoms with E-state index < -0.39 is 0 Å². The summed E-state index contributed by atoms with van der Waals surface area (Å²) in [4.78, 5) is 20.8. The quantitative estimate of drug-likeness (QED) is 0.756. The van der Waals surface area contributed by atoms with Crippen molar-refractivity contribution in [2.24, 2.45) is 0 Å². The van der Waals surface area contributed by atoms with Crippen molar-refractivity contribution in [1.29, 1.82) is 0 Å². The van der Waals surface area contributed by atoms with Crippen LogP contribution in [0.1, 0.15) is 37.9 Å². The highest BCUT2D eigenvalue weighted by Crippen LogP contribution is 2.27. The predicted octanol–water partition coefficient (Wildman–Crippen LogP) is 2.12. The molecule has 0 N–H and O–H groups in total. The highest BCUT2D eigenvalue weighted by molar-refractivity contribution is 5.77. The molecule has 0 spiro atoms. The number of amides is 1. The second-order valence-corrected chi connectivity index (χ2v) is 6.21. The lowest BCUT2D eigenvalue weighted by atomic mass is 9.95. The summed E-state index contributed by atoms with van der Waals surface area (Å²) in [7, 11) is 4.18. The van der Waals surface area contributed by atoms with Crippen LogP contribution in [-0.2, 0) is 11.3 Å². The first-order valence-corrected chi connectivity index (χ1v) is 8.16. The summed E-state index contributed by atoms with van der Waals surface area (Å²) in [6.07, 6.45) is 10.4. The molecule has 1 fully saturated rings. The summed E-state index contributed by atoms with van der Waals surface area (Å²) in [5.74, 6) is 1.90. The van der Waals surface area contributed by atoms with E-state index in [1.807, 2.05) is 30.2 Å². The fraction of sp³-hybridized carbons (Fsp3) is 0.647. The van der Waals surface area contributed by atoms with Crippen molar-refractivity contribution in [1.82, 2.24) is 19.4 Å². The number of hydrogen-bond acceptors (Lipinski definition) is 3. The summed E-state index contributed by atoms with van der Waals surface area (Å²) in [6.45, 7) is 5.64. The number of carbonyl (C=O) groups excluding carboxylic acids is 1. The lowest BCUT2D eigenvalue weighted by molar-refractivity contribution is -0.131. The molecule has 0 aliphatic carbocycles. The zero-order valence-corrected chi connectivity index (χ0v) is 14.0. The van der Waals surface area contributed by atoms with Gasteiger partial charge >= 0.3 is 0 Å². The Morgan fingerprint density at radius 1 is 1.41 bits per heavy atom. The van der Waals surface area contributed by atoms with E-state index >= 15 is 0 Å². The number of allylic oxidation sites excluding steroid dienone is 1. The van der Waals surface area contributed by atoms with Gasteiger partial charge in [0.2, 0.25) is 5.91 Å². The van der Waals surface area contributed by atoms with Crippen LogP contribution in [0.4, 0.5) is 0 Å². The smallest absolute Gasteiger partial charge is 0.226 e. The topological polar surface area (TPSA) is 41.4 Å². The average molecular weight is 304 g/mol. The van der Waals surface area contributed by atoms with Crippen molar-refractivity contribution in [2.75, 3.05) is 33.7 Å². The van der Waals surface area contributed by atoms with E-state index in [4.69, 9.17) is 0 Å². The Hall–Kier alpha value is -1.62. The van der Waals surface area contributed by atoms with Gasteiger partial charge in [0.15, 0.2) is 0 Å². The van der Waals surface area contributed by atoms with Crippen molar-refractivity contribution in [3.63, 3.8) is 0 Å². The largest absolute Gasteiger partial charge is 0.342 e. The molecule has 1 aliphatic heterocycles. The summed E-state index contributed by atoms with van der Waals surface area (Å²) in [5, 5.41) is 0. The third kappa shape index (κ3) is 4.44. The number of likely N-dealkylation sites (N-methyl/N-ethyl adjacent to an activating group) is 1. The summed E-state index contributed by atoms with van der Waals surface area (Å²) < 4.78 is 2.27. The van der Waals surface area contributed by atoms with Gasteiger partial charge in [-0.05, 0) is 33.9 Å². The molecule has 0 bridgehead atoms. The van der Waals surface area contributed by atoms with Crippen LogP contribution >= 0.6 is 0 Å². The lowest BCUT2D eigenvalue weighted by Crippen LogP contribution is -2.38. The van der Waals surface area contributed by atoms with Gasteiger partial charge in [0.1, 0.15) is 5.82 Å². The molecule has 2 rings (SSSR count). The van der Waals surface area contributed by atoms with Gasteiger partial charge in [-0.1, -0.05) is 12.2 Å². The standard InChI is InChI=1S/C17H28N4O/c1-4-5-6-16(22)20-10-7-15(8-11-20)17-18-9-12-21(17)14-13-19(2)3/h4-5,9,12,15H,6-8,10-11,13-14H2,1-3H3. The maximum atomic E-state index is 12.0. The van der Waals surface area contributed by atoms with Crippen LogP contribution in [0.5, 0.6) is 0 Å². The second-order valence-electron chi connectivity index (χ2n) is 6.21.